The second-order valence-electron chi connectivity index (χ2n) is 4.35. The molecule has 1 aromatic heterocycles. The minimum atomic E-state index is 0.641. The van der Waals surface area contributed by atoms with Crippen LogP contribution in [0.15, 0.2) is 17.5 Å². The van der Waals surface area contributed by atoms with Gasteiger partial charge >= 0.3 is 0 Å². The quantitative estimate of drug-likeness (QED) is 0.806. The number of nitrogens with zero attached hydrogens (tertiary/aromatic N) is 1. The Morgan fingerprint density at radius 1 is 1.50 bits per heavy atom. The van der Waals surface area contributed by atoms with E-state index in [0.717, 1.165) is 26.2 Å². The van der Waals surface area contributed by atoms with Gasteiger partial charge in [0.2, 0.25) is 0 Å². The van der Waals surface area contributed by atoms with Crippen LogP contribution in [0.3, 0.4) is 0 Å². The first-order chi connectivity index (χ1) is 7.86. The Kier molecular flexibility index (Phi) is 4.78. The molecule has 2 N–H and O–H groups in total. The second kappa shape index (κ2) is 6.35. The van der Waals surface area contributed by atoms with Crippen LogP contribution in [0.1, 0.15) is 11.8 Å². The van der Waals surface area contributed by atoms with Gasteiger partial charge in [-0.1, -0.05) is 6.07 Å². The number of piperazine rings is 1. The van der Waals surface area contributed by atoms with Crippen molar-refractivity contribution in [2.24, 2.45) is 0 Å². The topological polar surface area (TPSA) is 27.3 Å². The van der Waals surface area contributed by atoms with Gasteiger partial charge in [-0.15, -0.1) is 11.3 Å². The molecule has 0 saturated carbocycles. The van der Waals surface area contributed by atoms with Crippen molar-refractivity contribution in [3.8, 4) is 0 Å². The summed E-state index contributed by atoms with van der Waals surface area (Å²) < 4.78 is 0. The Morgan fingerprint density at radius 2 is 2.31 bits per heavy atom. The van der Waals surface area contributed by atoms with Crippen molar-refractivity contribution in [2.75, 3.05) is 32.7 Å². The third-order valence-corrected chi connectivity index (χ3v) is 3.97. The van der Waals surface area contributed by atoms with E-state index in [0.29, 0.717) is 6.04 Å². The van der Waals surface area contributed by atoms with Crippen LogP contribution in [0.25, 0.3) is 0 Å². The largest absolute Gasteiger partial charge is 0.314 e. The monoisotopic (exact) mass is 239 g/mol. The van der Waals surface area contributed by atoms with E-state index >= 15 is 0 Å². The van der Waals surface area contributed by atoms with E-state index in [4.69, 9.17) is 0 Å². The highest BCUT2D eigenvalue weighted by Crippen LogP contribution is 2.07. The number of hydrogen-bond acceptors (Lipinski definition) is 4. The average Bonchev–Trinajstić information content (AvgIpc) is 2.83. The molecule has 2 heterocycles. The Labute approximate surface area is 102 Å². The highest BCUT2D eigenvalue weighted by Gasteiger charge is 2.15. The average molecular weight is 239 g/mol. The first-order valence-corrected chi connectivity index (χ1v) is 6.92. The lowest BCUT2D eigenvalue weighted by molar-refractivity contribution is 0.181. The van der Waals surface area contributed by atoms with Crippen LogP contribution in [0, 0.1) is 0 Å². The zero-order valence-corrected chi connectivity index (χ0v) is 10.7. The van der Waals surface area contributed by atoms with Crippen LogP contribution in [-0.2, 0) is 6.54 Å². The SMILES string of the molecule is CC(CNCc1cccs1)N1CCNCC1. The maximum atomic E-state index is 3.53. The van der Waals surface area contributed by atoms with Crippen LogP contribution < -0.4 is 10.6 Å². The number of thiophene rings is 1. The Hall–Kier alpha value is -0.420. The second-order valence-corrected chi connectivity index (χ2v) is 5.38. The van der Waals surface area contributed by atoms with Crippen molar-refractivity contribution in [1.82, 2.24) is 15.5 Å². The lowest BCUT2D eigenvalue weighted by atomic mass is 10.2. The van der Waals surface area contributed by atoms with Gasteiger partial charge in [0.1, 0.15) is 0 Å². The maximum absolute atomic E-state index is 3.53. The minimum Gasteiger partial charge on any atom is -0.314 e. The van der Waals surface area contributed by atoms with Crippen LogP contribution in [0.5, 0.6) is 0 Å². The zero-order valence-electron chi connectivity index (χ0n) is 9.91. The van der Waals surface area contributed by atoms with Gasteiger partial charge in [-0.2, -0.15) is 0 Å². The summed E-state index contributed by atoms with van der Waals surface area (Å²) in [6.07, 6.45) is 0. The third kappa shape index (κ3) is 3.56. The van der Waals surface area contributed by atoms with Gasteiger partial charge in [0.15, 0.2) is 0 Å². The van der Waals surface area contributed by atoms with Crippen molar-refractivity contribution in [1.29, 1.82) is 0 Å². The molecule has 1 fully saturated rings. The third-order valence-electron chi connectivity index (χ3n) is 3.09. The molecule has 90 valence electrons. The fourth-order valence-corrected chi connectivity index (χ4v) is 2.74. The predicted molar refractivity (Wildman–Crippen MR) is 69.9 cm³/mol. The lowest BCUT2D eigenvalue weighted by Crippen LogP contribution is -2.50. The molecule has 0 radical (unpaired) electrons. The van der Waals surface area contributed by atoms with Crippen LogP contribution in [0.4, 0.5) is 0 Å². The number of hydrogen-bond donors (Lipinski definition) is 2. The van der Waals surface area contributed by atoms with E-state index in [1.807, 2.05) is 11.3 Å². The first kappa shape index (κ1) is 12.0. The maximum Gasteiger partial charge on any atom is 0.0300 e. The molecule has 0 amide bonds. The Balaban J connectivity index is 1.65. The minimum absolute atomic E-state index is 0.641. The molecular weight excluding hydrogens is 218 g/mol. The van der Waals surface area contributed by atoms with Crippen molar-refractivity contribution in [3.05, 3.63) is 22.4 Å². The highest BCUT2D eigenvalue weighted by atomic mass is 32.1. The fourth-order valence-electron chi connectivity index (χ4n) is 2.07. The lowest BCUT2D eigenvalue weighted by Gasteiger charge is -2.32. The summed E-state index contributed by atoms with van der Waals surface area (Å²) in [6, 6.07) is 4.94. The molecule has 1 unspecified atom stereocenters. The summed E-state index contributed by atoms with van der Waals surface area (Å²) in [7, 11) is 0. The van der Waals surface area contributed by atoms with Gasteiger partial charge in [0.25, 0.3) is 0 Å². The van der Waals surface area contributed by atoms with Crippen molar-refractivity contribution in [3.63, 3.8) is 0 Å². The molecule has 2 rings (SSSR count). The molecule has 3 nitrogen and oxygen atoms in total. The van der Waals surface area contributed by atoms with Crippen LogP contribution >= 0.6 is 11.3 Å². The van der Waals surface area contributed by atoms with Crippen molar-refractivity contribution >= 4 is 11.3 Å². The Morgan fingerprint density at radius 3 is 3.00 bits per heavy atom. The van der Waals surface area contributed by atoms with Gasteiger partial charge in [0, 0.05) is 50.2 Å². The molecule has 0 aromatic carbocycles. The normalized spacial score (nSPS) is 19.8. The predicted octanol–water partition coefficient (Wildman–Crippen LogP) is 1.13. The molecule has 16 heavy (non-hydrogen) atoms. The molecule has 1 saturated heterocycles. The van der Waals surface area contributed by atoms with E-state index < -0.39 is 0 Å². The van der Waals surface area contributed by atoms with Gasteiger partial charge in [-0.25, -0.2) is 0 Å². The van der Waals surface area contributed by atoms with Gasteiger partial charge in [-0.05, 0) is 18.4 Å². The Bertz CT molecular complexity index is 280. The van der Waals surface area contributed by atoms with Gasteiger partial charge in [0.05, 0.1) is 0 Å². The molecule has 4 heteroatoms. The van der Waals surface area contributed by atoms with E-state index in [-0.39, 0.29) is 0 Å². The highest BCUT2D eigenvalue weighted by molar-refractivity contribution is 7.09. The molecule has 1 aliphatic heterocycles. The van der Waals surface area contributed by atoms with Gasteiger partial charge in [-0.3, -0.25) is 4.90 Å². The van der Waals surface area contributed by atoms with Gasteiger partial charge < -0.3 is 10.6 Å². The van der Waals surface area contributed by atoms with E-state index in [9.17, 15) is 0 Å². The van der Waals surface area contributed by atoms with Crippen molar-refractivity contribution in [2.45, 2.75) is 19.5 Å². The summed E-state index contributed by atoms with van der Waals surface area (Å²) in [5.41, 5.74) is 0. The smallest absolute Gasteiger partial charge is 0.0300 e. The first-order valence-electron chi connectivity index (χ1n) is 6.04. The van der Waals surface area contributed by atoms with E-state index in [1.165, 1.54) is 18.0 Å². The molecule has 0 bridgehead atoms. The van der Waals surface area contributed by atoms with Crippen LogP contribution in [0.2, 0.25) is 0 Å². The summed E-state index contributed by atoms with van der Waals surface area (Å²) in [5, 5.41) is 9.06. The zero-order chi connectivity index (χ0) is 11.2. The number of rotatable bonds is 5. The van der Waals surface area contributed by atoms with E-state index in [1.54, 1.807) is 0 Å². The molecule has 1 aliphatic rings. The molecule has 0 aliphatic carbocycles. The van der Waals surface area contributed by atoms with Crippen LogP contribution in [-0.4, -0.2) is 43.7 Å². The van der Waals surface area contributed by atoms with Crippen molar-refractivity contribution < 1.29 is 0 Å². The molecular formula is C12H21N3S. The number of nitrogens with one attached hydrogen (secondary N) is 2. The van der Waals surface area contributed by atoms with E-state index in [2.05, 4.69) is 40.0 Å². The summed E-state index contributed by atoms with van der Waals surface area (Å²) in [5.74, 6) is 0. The molecule has 1 atom stereocenters. The summed E-state index contributed by atoms with van der Waals surface area (Å²) in [6.45, 7) is 9.03. The fraction of sp³-hybridized carbons (Fsp3) is 0.667. The molecule has 1 aromatic rings. The summed E-state index contributed by atoms with van der Waals surface area (Å²) in [4.78, 5) is 3.98. The summed E-state index contributed by atoms with van der Waals surface area (Å²) >= 11 is 1.82. The molecule has 0 spiro atoms. The standard InChI is InChI=1S/C12H21N3S/c1-11(15-6-4-13-5-7-15)9-14-10-12-3-2-8-16-12/h2-3,8,11,13-14H,4-7,9-10H2,1H3.